The first-order chi connectivity index (χ1) is 6.79. The molecule has 0 unspecified atom stereocenters. The van der Waals surface area contributed by atoms with E-state index in [0.717, 1.165) is 6.26 Å². The van der Waals surface area contributed by atoms with Gasteiger partial charge in [-0.25, -0.2) is 13.2 Å². The molecule has 0 atom stereocenters. The average Bonchev–Trinajstić information content (AvgIpc) is 1.99. The molecule has 1 rings (SSSR count). The normalized spacial score (nSPS) is 11.1. The highest BCUT2D eigenvalue weighted by Crippen LogP contribution is 2.22. The predicted octanol–water partition coefficient (Wildman–Crippen LogP) is 1.52. The van der Waals surface area contributed by atoms with Gasteiger partial charge < -0.3 is 5.11 Å². The lowest BCUT2D eigenvalue weighted by molar-refractivity contribution is 0.0696. The fourth-order valence-corrected chi connectivity index (χ4v) is 2.07. The highest BCUT2D eigenvalue weighted by Gasteiger charge is 2.09. The molecular weight excluding hydrogens is 286 g/mol. The van der Waals surface area contributed by atoms with Crippen LogP contribution in [0.3, 0.4) is 0 Å². The molecule has 0 aliphatic carbocycles. The molecule has 0 aliphatic rings. The van der Waals surface area contributed by atoms with Crippen molar-refractivity contribution in [2.75, 3.05) is 11.0 Å². The Bertz CT molecular complexity index is 497. The summed E-state index contributed by atoms with van der Waals surface area (Å²) in [5.41, 5.74) is 0.392. The Hall–Kier alpha value is -1.08. The van der Waals surface area contributed by atoms with Crippen LogP contribution >= 0.6 is 15.9 Å². The molecule has 0 saturated heterocycles. The van der Waals surface area contributed by atoms with Crippen molar-refractivity contribution in [1.82, 2.24) is 0 Å². The number of carbonyl (C=O) groups is 1. The van der Waals surface area contributed by atoms with Gasteiger partial charge in [-0.1, -0.05) is 0 Å². The van der Waals surface area contributed by atoms with Gasteiger partial charge in [0, 0.05) is 10.2 Å². The van der Waals surface area contributed by atoms with E-state index in [1.165, 1.54) is 18.2 Å². The second-order valence-corrected chi connectivity index (χ2v) is 5.48. The topological polar surface area (TPSA) is 83.5 Å². The van der Waals surface area contributed by atoms with E-state index in [4.69, 9.17) is 5.11 Å². The Morgan fingerprint density at radius 3 is 2.47 bits per heavy atom. The van der Waals surface area contributed by atoms with Gasteiger partial charge in [-0.3, -0.25) is 4.72 Å². The summed E-state index contributed by atoms with van der Waals surface area (Å²) in [6, 6.07) is 4.10. The third-order valence-corrected chi connectivity index (χ3v) is 2.77. The van der Waals surface area contributed by atoms with Gasteiger partial charge >= 0.3 is 5.97 Å². The number of benzene rings is 1. The zero-order chi connectivity index (χ0) is 11.6. The quantitative estimate of drug-likeness (QED) is 0.885. The number of aromatic carboxylic acids is 1. The zero-order valence-electron chi connectivity index (χ0n) is 7.69. The van der Waals surface area contributed by atoms with Crippen LogP contribution in [0.25, 0.3) is 0 Å². The number of halogens is 1. The standard InChI is InChI=1S/C8H8BrNO4S/c1-15(13,14)10-5-2-3-6(8(11)12)7(9)4-5/h2-4,10H,1H3,(H,11,12). The van der Waals surface area contributed by atoms with Gasteiger partial charge in [0.2, 0.25) is 10.0 Å². The second-order valence-electron chi connectivity index (χ2n) is 2.87. The Balaban J connectivity index is 3.07. The molecule has 0 bridgehead atoms. The van der Waals surface area contributed by atoms with Gasteiger partial charge in [-0.05, 0) is 34.1 Å². The van der Waals surface area contributed by atoms with E-state index in [0.29, 0.717) is 10.2 Å². The van der Waals surface area contributed by atoms with Crippen molar-refractivity contribution in [2.24, 2.45) is 0 Å². The van der Waals surface area contributed by atoms with Crippen LogP contribution in [0.2, 0.25) is 0 Å². The van der Waals surface area contributed by atoms with Crippen molar-refractivity contribution in [2.45, 2.75) is 0 Å². The van der Waals surface area contributed by atoms with Crippen LogP contribution in [0.4, 0.5) is 5.69 Å². The van der Waals surface area contributed by atoms with Crippen LogP contribution in [-0.4, -0.2) is 25.7 Å². The Morgan fingerprint density at radius 1 is 1.47 bits per heavy atom. The largest absolute Gasteiger partial charge is 0.478 e. The molecule has 1 aromatic carbocycles. The molecule has 0 heterocycles. The van der Waals surface area contributed by atoms with Gasteiger partial charge in [-0.15, -0.1) is 0 Å². The van der Waals surface area contributed by atoms with Gasteiger partial charge in [0.1, 0.15) is 0 Å². The molecule has 0 radical (unpaired) electrons. The van der Waals surface area contributed by atoms with Crippen LogP contribution in [0.5, 0.6) is 0 Å². The van der Waals surface area contributed by atoms with Gasteiger partial charge in [0.15, 0.2) is 0 Å². The fraction of sp³-hybridized carbons (Fsp3) is 0.125. The van der Waals surface area contributed by atoms with Crippen LogP contribution in [0, 0.1) is 0 Å². The number of hydrogen-bond acceptors (Lipinski definition) is 3. The predicted molar refractivity (Wildman–Crippen MR) is 59.6 cm³/mol. The first-order valence-corrected chi connectivity index (χ1v) is 6.48. The summed E-state index contributed by atoms with van der Waals surface area (Å²) in [4.78, 5) is 10.6. The van der Waals surface area contributed by atoms with Crippen molar-refractivity contribution in [3.63, 3.8) is 0 Å². The Labute approximate surface area is 95.3 Å². The fourth-order valence-electron chi connectivity index (χ4n) is 0.966. The summed E-state index contributed by atoms with van der Waals surface area (Å²) >= 11 is 3.04. The molecule has 2 N–H and O–H groups in total. The van der Waals surface area contributed by atoms with E-state index in [-0.39, 0.29) is 5.56 Å². The highest BCUT2D eigenvalue weighted by molar-refractivity contribution is 9.10. The summed E-state index contributed by atoms with van der Waals surface area (Å²) in [7, 11) is -3.35. The van der Waals surface area contributed by atoms with Crippen LogP contribution < -0.4 is 4.72 Å². The first-order valence-electron chi connectivity index (χ1n) is 3.80. The van der Waals surface area contributed by atoms with Gasteiger partial charge in [-0.2, -0.15) is 0 Å². The lowest BCUT2D eigenvalue weighted by atomic mass is 10.2. The third-order valence-electron chi connectivity index (χ3n) is 1.50. The molecule has 0 saturated carbocycles. The van der Waals surface area contributed by atoms with E-state index < -0.39 is 16.0 Å². The van der Waals surface area contributed by atoms with Crippen molar-refractivity contribution < 1.29 is 18.3 Å². The molecule has 0 aliphatic heterocycles. The molecule has 15 heavy (non-hydrogen) atoms. The van der Waals surface area contributed by atoms with Crippen molar-refractivity contribution in [3.8, 4) is 0 Å². The molecule has 0 spiro atoms. The second kappa shape index (κ2) is 4.19. The van der Waals surface area contributed by atoms with Gasteiger partial charge in [0.25, 0.3) is 0 Å². The Morgan fingerprint density at radius 2 is 2.07 bits per heavy atom. The van der Waals surface area contributed by atoms with Crippen LogP contribution in [0.15, 0.2) is 22.7 Å². The van der Waals surface area contributed by atoms with Crippen molar-refractivity contribution in [1.29, 1.82) is 0 Å². The molecular formula is C8H8BrNO4S. The summed E-state index contributed by atoms with van der Waals surface area (Å²) in [6.45, 7) is 0. The molecule has 0 aromatic heterocycles. The van der Waals surface area contributed by atoms with E-state index in [1.807, 2.05) is 0 Å². The number of anilines is 1. The maximum Gasteiger partial charge on any atom is 0.336 e. The summed E-state index contributed by atoms with van der Waals surface area (Å²) in [5.74, 6) is -1.08. The number of carboxylic acids is 1. The minimum atomic E-state index is -3.35. The number of nitrogens with one attached hydrogen (secondary N) is 1. The third kappa shape index (κ3) is 3.52. The minimum Gasteiger partial charge on any atom is -0.478 e. The maximum absolute atomic E-state index is 10.9. The van der Waals surface area contributed by atoms with Crippen molar-refractivity contribution >= 4 is 37.6 Å². The average molecular weight is 294 g/mol. The van der Waals surface area contributed by atoms with Crippen LogP contribution in [0.1, 0.15) is 10.4 Å². The van der Waals surface area contributed by atoms with Crippen molar-refractivity contribution in [3.05, 3.63) is 28.2 Å². The van der Waals surface area contributed by atoms with Crippen LogP contribution in [-0.2, 0) is 10.0 Å². The monoisotopic (exact) mass is 293 g/mol. The van der Waals surface area contributed by atoms with E-state index >= 15 is 0 Å². The molecule has 0 amide bonds. The Kier molecular flexibility index (Phi) is 3.35. The van der Waals surface area contributed by atoms with E-state index in [9.17, 15) is 13.2 Å². The number of sulfonamides is 1. The molecule has 5 nitrogen and oxygen atoms in total. The molecule has 7 heteroatoms. The maximum atomic E-state index is 10.9. The SMILES string of the molecule is CS(=O)(=O)Nc1ccc(C(=O)O)c(Br)c1. The van der Waals surface area contributed by atoms with E-state index in [1.54, 1.807) is 0 Å². The lowest BCUT2D eigenvalue weighted by Gasteiger charge is -2.05. The highest BCUT2D eigenvalue weighted by atomic mass is 79.9. The first kappa shape index (κ1) is 12.0. The molecule has 82 valence electrons. The summed E-state index contributed by atoms with van der Waals surface area (Å²) in [6.07, 6.45) is 1.02. The molecule has 0 fully saturated rings. The summed E-state index contributed by atoms with van der Waals surface area (Å²) in [5, 5.41) is 8.72. The summed E-state index contributed by atoms with van der Waals surface area (Å²) < 4.78 is 24.3. The molecule has 1 aromatic rings. The van der Waals surface area contributed by atoms with E-state index in [2.05, 4.69) is 20.7 Å². The number of rotatable bonds is 3. The zero-order valence-corrected chi connectivity index (χ0v) is 10.1. The number of carboxylic acid groups (broad SMARTS) is 1. The minimum absolute atomic E-state index is 0.0778. The smallest absolute Gasteiger partial charge is 0.336 e. The van der Waals surface area contributed by atoms with Gasteiger partial charge in [0.05, 0.1) is 11.8 Å². The number of hydrogen-bond donors (Lipinski definition) is 2. The lowest BCUT2D eigenvalue weighted by Crippen LogP contribution is -2.10.